The lowest BCUT2D eigenvalue weighted by molar-refractivity contribution is 0.226. The van der Waals surface area contributed by atoms with Gasteiger partial charge in [0.05, 0.1) is 0 Å². The van der Waals surface area contributed by atoms with E-state index in [4.69, 9.17) is 10.9 Å². The molecule has 0 radical (unpaired) electrons. The summed E-state index contributed by atoms with van der Waals surface area (Å²) in [4.78, 5) is 2.38. The average Bonchev–Trinajstić information content (AvgIpc) is 3.20. The molecule has 20 heavy (non-hydrogen) atoms. The molecule has 0 spiro atoms. The summed E-state index contributed by atoms with van der Waals surface area (Å²) < 4.78 is 13.6. The smallest absolute Gasteiger partial charge is 0.170 e. The second kappa shape index (κ2) is 6.22. The summed E-state index contributed by atoms with van der Waals surface area (Å²) in [6, 6.07) is 5.20. The molecule has 1 fully saturated rings. The van der Waals surface area contributed by atoms with Gasteiger partial charge in [-0.15, -0.1) is 0 Å². The molecule has 0 heterocycles. The van der Waals surface area contributed by atoms with Gasteiger partial charge in [-0.3, -0.25) is 4.90 Å². The maximum absolute atomic E-state index is 13.6. The zero-order valence-corrected chi connectivity index (χ0v) is 12.0. The van der Waals surface area contributed by atoms with E-state index in [1.165, 1.54) is 25.0 Å². The molecule has 3 N–H and O–H groups in total. The quantitative estimate of drug-likeness (QED) is 0.364. The molecule has 0 amide bonds. The summed E-state index contributed by atoms with van der Waals surface area (Å²) >= 11 is 0. The Morgan fingerprint density at radius 3 is 2.70 bits per heavy atom. The molecular weight excluding hydrogens is 257 g/mol. The summed E-state index contributed by atoms with van der Waals surface area (Å²) in [5.74, 6) is 0.157. The van der Waals surface area contributed by atoms with Crippen molar-refractivity contribution in [1.82, 2.24) is 4.90 Å². The zero-order valence-electron chi connectivity index (χ0n) is 12.0. The minimum Gasteiger partial charge on any atom is -0.409 e. The van der Waals surface area contributed by atoms with E-state index in [9.17, 15) is 4.39 Å². The van der Waals surface area contributed by atoms with Crippen LogP contribution >= 0.6 is 0 Å². The Kier molecular flexibility index (Phi) is 4.60. The molecule has 0 aromatic heterocycles. The van der Waals surface area contributed by atoms with Gasteiger partial charge in [-0.25, -0.2) is 4.39 Å². The van der Waals surface area contributed by atoms with Crippen molar-refractivity contribution in [3.63, 3.8) is 0 Å². The summed E-state index contributed by atoms with van der Waals surface area (Å²) in [6.45, 7) is 6.07. The molecule has 0 bridgehead atoms. The van der Waals surface area contributed by atoms with Gasteiger partial charge in [-0.1, -0.05) is 19.0 Å². The first kappa shape index (κ1) is 14.8. The molecule has 5 heteroatoms. The van der Waals surface area contributed by atoms with Crippen LogP contribution in [0.15, 0.2) is 23.4 Å². The number of nitrogens with two attached hydrogens (primary N) is 1. The minimum atomic E-state index is -0.357. The Morgan fingerprint density at radius 1 is 1.45 bits per heavy atom. The maximum atomic E-state index is 13.6. The normalized spacial score (nSPS) is 16.1. The topological polar surface area (TPSA) is 61.8 Å². The Morgan fingerprint density at radius 2 is 2.15 bits per heavy atom. The summed E-state index contributed by atoms with van der Waals surface area (Å²) in [6.07, 6.45) is 2.43. The number of nitrogens with zero attached hydrogens (tertiary/aromatic N) is 2. The lowest BCUT2D eigenvalue weighted by Crippen LogP contribution is -2.29. The van der Waals surface area contributed by atoms with Crippen LogP contribution in [0.4, 0.5) is 4.39 Å². The molecule has 110 valence electrons. The van der Waals surface area contributed by atoms with Crippen molar-refractivity contribution in [3.8, 4) is 0 Å². The Labute approximate surface area is 119 Å². The number of halogens is 1. The first-order valence-corrected chi connectivity index (χ1v) is 7.01. The third kappa shape index (κ3) is 3.93. The van der Waals surface area contributed by atoms with Crippen molar-refractivity contribution in [2.24, 2.45) is 16.8 Å². The predicted molar refractivity (Wildman–Crippen MR) is 77.2 cm³/mol. The minimum absolute atomic E-state index is 0.0624. The maximum Gasteiger partial charge on any atom is 0.170 e. The highest BCUT2D eigenvalue weighted by molar-refractivity contribution is 5.97. The van der Waals surface area contributed by atoms with Gasteiger partial charge in [0.1, 0.15) is 5.82 Å². The van der Waals surface area contributed by atoms with E-state index in [1.54, 1.807) is 6.07 Å². The Balaban J connectivity index is 2.16. The van der Waals surface area contributed by atoms with Crippen LogP contribution in [0.1, 0.15) is 37.8 Å². The summed E-state index contributed by atoms with van der Waals surface area (Å²) in [7, 11) is 0. The first-order chi connectivity index (χ1) is 9.49. The van der Waals surface area contributed by atoms with E-state index in [-0.39, 0.29) is 11.7 Å². The van der Waals surface area contributed by atoms with Gasteiger partial charge >= 0.3 is 0 Å². The SMILES string of the molecule is CC(C)CN(Cc1cc(F)cc(/C(N)=N/O)c1)C1CC1. The third-order valence-electron chi connectivity index (χ3n) is 3.41. The number of benzene rings is 1. The van der Waals surface area contributed by atoms with Gasteiger partial charge in [0.2, 0.25) is 0 Å². The molecule has 4 nitrogen and oxygen atoms in total. The molecular formula is C15H22FN3O. The van der Waals surface area contributed by atoms with Crippen LogP contribution in [0, 0.1) is 11.7 Å². The second-order valence-corrected chi connectivity index (χ2v) is 5.89. The molecule has 0 atom stereocenters. The predicted octanol–water partition coefficient (Wildman–Crippen LogP) is 2.54. The lowest BCUT2D eigenvalue weighted by atomic mass is 10.1. The van der Waals surface area contributed by atoms with E-state index in [0.29, 0.717) is 24.1 Å². The fraction of sp³-hybridized carbons (Fsp3) is 0.533. The van der Waals surface area contributed by atoms with Crippen molar-refractivity contribution in [2.45, 2.75) is 39.3 Å². The highest BCUT2D eigenvalue weighted by Gasteiger charge is 2.29. The average molecular weight is 279 g/mol. The third-order valence-corrected chi connectivity index (χ3v) is 3.41. The van der Waals surface area contributed by atoms with E-state index >= 15 is 0 Å². The standard InChI is InChI=1S/C15H22FN3O/c1-10(2)8-19(14-3-4-14)9-11-5-12(15(17)18-20)7-13(16)6-11/h5-7,10,14,20H,3-4,8-9H2,1-2H3,(H2,17,18). The van der Waals surface area contributed by atoms with Gasteiger partial charge in [-0.05, 0) is 42.5 Å². The Bertz CT molecular complexity index is 498. The number of hydrogen-bond acceptors (Lipinski definition) is 3. The van der Waals surface area contributed by atoms with Crippen LogP contribution in [0.5, 0.6) is 0 Å². The zero-order chi connectivity index (χ0) is 14.7. The van der Waals surface area contributed by atoms with Crippen LogP contribution in [-0.4, -0.2) is 28.5 Å². The molecule has 1 aromatic carbocycles. The van der Waals surface area contributed by atoms with E-state index in [1.807, 2.05) is 0 Å². The number of amidine groups is 1. The summed E-state index contributed by atoms with van der Waals surface area (Å²) in [5, 5.41) is 11.6. The molecule has 2 rings (SSSR count). The largest absolute Gasteiger partial charge is 0.409 e. The van der Waals surface area contributed by atoms with Crippen molar-refractivity contribution >= 4 is 5.84 Å². The van der Waals surface area contributed by atoms with Crippen LogP contribution in [0.25, 0.3) is 0 Å². The number of rotatable bonds is 6. The van der Waals surface area contributed by atoms with Crippen LogP contribution in [0.3, 0.4) is 0 Å². The van der Waals surface area contributed by atoms with E-state index in [0.717, 1.165) is 12.1 Å². The molecule has 0 aliphatic heterocycles. The highest BCUT2D eigenvalue weighted by Crippen LogP contribution is 2.29. The van der Waals surface area contributed by atoms with Crippen LogP contribution < -0.4 is 5.73 Å². The fourth-order valence-electron chi connectivity index (χ4n) is 2.43. The van der Waals surface area contributed by atoms with E-state index < -0.39 is 0 Å². The van der Waals surface area contributed by atoms with Crippen molar-refractivity contribution in [3.05, 3.63) is 35.1 Å². The number of hydrogen-bond donors (Lipinski definition) is 2. The monoisotopic (exact) mass is 279 g/mol. The molecule has 0 unspecified atom stereocenters. The molecule has 1 aliphatic carbocycles. The van der Waals surface area contributed by atoms with E-state index in [2.05, 4.69) is 23.9 Å². The molecule has 1 aliphatic rings. The van der Waals surface area contributed by atoms with Gasteiger partial charge in [-0.2, -0.15) is 0 Å². The van der Waals surface area contributed by atoms with Crippen LogP contribution in [0.2, 0.25) is 0 Å². The van der Waals surface area contributed by atoms with Gasteiger partial charge in [0.15, 0.2) is 5.84 Å². The van der Waals surface area contributed by atoms with Gasteiger partial charge < -0.3 is 10.9 Å². The van der Waals surface area contributed by atoms with Crippen molar-refractivity contribution in [1.29, 1.82) is 0 Å². The summed E-state index contributed by atoms with van der Waals surface area (Å²) in [5.41, 5.74) is 6.82. The van der Waals surface area contributed by atoms with Crippen molar-refractivity contribution in [2.75, 3.05) is 6.54 Å². The molecule has 0 saturated heterocycles. The number of oxime groups is 1. The molecule has 1 saturated carbocycles. The molecule has 1 aromatic rings. The van der Waals surface area contributed by atoms with Crippen LogP contribution in [-0.2, 0) is 6.54 Å². The Hall–Kier alpha value is -1.62. The highest BCUT2D eigenvalue weighted by atomic mass is 19.1. The fourth-order valence-corrected chi connectivity index (χ4v) is 2.43. The van der Waals surface area contributed by atoms with Crippen molar-refractivity contribution < 1.29 is 9.60 Å². The first-order valence-electron chi connectivity index (χ1n) is 7.01. The van der Waals surface area contributed by atoms with Gasteiger partial charge in [0, 0.05) is 24.7 Å². The lowest BCUT2D eigenvalue weighted by Gasteiger charge is -2.24. The second-order valence-electron chi connectivity index (χ2n) is 5.89. The van der Waals surface area contributed by atoms with Gasteiger partial charge in [0.25, 0.3) is 0 Å².